The van der Waals surface area contributed by atoms with Crippen molar-refractivity contribution in [2.24, 2.45) is 29.4 Å². The van der Waals surface area contributed by atoms with E-state index < -0.39 is 18.3 Å². The summed E-state index contributed by atoms with van der Waals surface area (Å²) in [6.45, 7) is 5.82. The zero-order valence-corrected chi connectivity index (χ0v) is 20.9. The van der Waals surface area contributed by atoms with Gasteiger partial charge in [-0.3, -0.25) is 14.9 Å². The Kier molecular flexibility index (Phi) is 7.90. The van der Waals surface area contributed by atoms with Crippen molar-refractivity contribution in [2.45, 2.75) is 56.6 Å². The summed E-state index contributed by atoms with van der Waals surface area (Å²) in [5.41, 5.74) is 9.31. The largest absolute Gasteiger partial charge is 0.351 e. The molecule has 0 radical (unpaired) electrons. The van der Waals surface area contributed by atoms with Gasteiger partial charge in [-0.25, -0.2) is 14.8 Å². The van der Waals surface area contributed by atoms with Gasteiger partial charge in [0.25, 0.3) is 0 Å². The highest BCUT2D eigenvalue weighted by Crippen LogP contribution is 2.33. The maximum atomic E-state index is 13.8. The third-order valence-corrected chi connectivity index (χ3v) is 9.01. The molecule has 5 fully saturated rings. The van der Waals surface area contributed by atoms with Gasteiger partial charge in [0.1, 0.15) is 6.17 Å². The summed E-state index contributed by atoms with van der Waals surface area (Å²) in [6.07, 6.45) is 3.14. The van der Waals surface area contributed by atoms with E-state index in [1.165, 1.54) is 0 Å². The quantitative estimate of drug-likeness (QED) is 0.326. The third-order valence-electron chi connectivity index (χ3n) is 9.01. The first kappa shape index (κ1) is 25.3. The smallest absolute Gasteiger partial charge is 0.229 e. The number of piperidine rings is 3. The van der Waals surface area contributed by atoms with Gasteiger partial charge in [-0.2, -0.15) is 0 Å². The van der Waals surface area contributed by atoms with E-state index in [9.17, 15) is 14.0 Å². The van der Waals surface area contributed by atoms with Crippen molar-refractivity contribution in [2.75, 3.05) is 59.4 Å². The number of rotatable bonds is 4. The van der Waals surface area contributed by atoms with Gasteiger partial charge in [-0.15, -0.1) is 0 Å². The second-order valence-electron chi connectivity index (χ2n) is 11.3. The number of amides is 2. The fraction of sp³-hybridized carbons (Fsp3) is 0.917. The lowest BCUT2D eigenvalue weighted by Crippen LogP contribution is -2.61. The normalized spacial score (nSPS) is 38.3. The topological polar surface area (TPSA) is 118 Å². The average Bonchev–Trinajstić information content (AvgIpc) is 3.19. The lowest BCUT2D eigenvalue weighted by molar-refractivity contribution is -0.138. The number of nitrogens with one attached hydrogen (secondary N) is 4. The van der Waals surface area contributed by atoms with Crippen molar-refractivity contribution in [3.63, 3.8) is 0 Å². The van der Waals surface area contributed by atoms with Crippen LogP contribution in [0.25, 0.3) is 0 Å². The van der Waals surface area contributed by atoms with E-state index in [0.29, 0.717) is 17.7 Å². The highest BCUT2D eigenvalue weighted by molar-refractivity contribution is 5.81. The number of carbonyl (C=O) groups is 2. The molecule has 11 heteroatoms. The van der Waals surface area contributed by atoms with Crippen molar-refractivity contribution in [3.8, 4) is 0 Å². The van der Waals surface area contributed by atoms with Gasteiger partial charge in [-0.1, -0.05) is 0 Å². The van der Waals surface area contributed by atoms with E-state index in [1.807, 2.05) is 0 Å². The van der Waals surface area contributed by atoms with E-state index in [-0.39, 0.29) is 37.1 Å². The number of fused-ring (bicyclic) bond motifs is 1. The molecular formula is C24H43FN8O2. The second-order valence-corrected chi connectivity index (χ2v) is 11.3. The van der Waals surface area contributed by atoms with Crippen LogP contribution in [0.5, 0.6) is 0 Å². The van der Waals surface area contributed by atoms with Crippen LogP contribution >= 0.6 is 0 Å². The molecule has 0 aromatic rings. The minimum atomic E-state index is -0.975. The van der Waals surface area contributed by atoms with E-state index in [4.69, 9.17) is 5.73 Å². The molecule has 5 rings (SSSR count). The average molecular weight is 495 g/mol. The van der Waals surface area contributed by atoms with Crippen LogP contribution in [0.1, 0.15) is 32.1 Å². The van der Waals surface area contributed by atoms with Crippen molar-refractivity contribution in [1.29, 1.82) is 0 Å². The Bertz CT molecular complexity index is 758. The Morgan fingerprint density at radius 2 is 1.77 bits per heavy atom. The van der Waals surface area contributed by atoms with Gasteiger partial charge in [-0.05, 0) is 70.6 Å². The molecule has 6 unspecified atom stereocenters. The zero-order chi connectivity index (χ0) is 24.5. The molecular weight excluding hydrogens is 451 g/mol. The molecule has 6 N–H and O–H groups in total. The fourth-order valence-corrected chi connectivity index (χ4v) is 6.92. The molecule has 0 bridgehead atoms. The van der Waals surface area contributed by atoms with Crippen molar-refractivity contribution in [3.05, 3.63) is 0 Å². The van der Waals surface area contributed by atoms with E-state index >= 15 is 0 Å². The Labute approximate surface area is 207 Å². The predicted octanol–water partition coefficient (Wildman–Crippen LogP) is -1.35. The summed E-state index contributed by atoms with van der Waals surface area (Å²) in [6, 6.07) is 0.0381. The van der Waals surface area contributed by atoms with Gasteiger partial charge in [0.15, 0.2) is 0 Å². The van der Waals surface area contributed by atoms with Crippen molar-refractivity contribution >= 4 is 11.8 Å². The summed E-state index contributed by atoms with van der Waals surface area (Å²) in [5, 5.41) is 11.6. The Balaban J connectivity index is 1.15. The number of hydrogen-bond donors (Lipinski definition) is 5. The standard InChI is InChI=1S/C24H43FN8O2/c1-31-8-3-16(4-9-31)24(35)32-10-5-15(6-11-32)18-2-7-27-13-19(18)29-23(34)20-21(26)30-33-14-17(25)12-28-22(20)33/h15-22,27-28,30H,2-14,26H2,1H3,(H,29,34). The summed E-state index contributed by atoms with van der Waals surface area (Å²) < 4.78 is 13.8. The van der Waals surface area contributed by atoms with Crippen LogP contribution in [0.3, 0.4) is 0 Å². The van der Waals surface area contributed by atoms with E-state index in [2.05, 4.69) is 38.2 Å². The Morgan fingerprint density at radius 3 is 2.51 bits per heavy atom. The van der Waals surface area contributed by atoms with Gasteiger partial charge in [0.05, 0.1) is 18.2 Å². The van der Waals surface area contributed by atoms with Crippen LogP contribution in [0.4, 0.5) is 4.39 Å². The number of hydrazine groups is 1. The van der Waals surface area contributed by atoms with Gasteiger partial charge in [0.2, 0.25) is 11.8 Å². The first-order valence-electron chi connectivity index (χ1n) is 13.5. The lowest BCUT2D eigenvalue weighted by Gasteiger charge is -2.43. The van der Waals surface area contributed by atoms with Crippen molar-refractivity contribution < 1.29 is 14.0 Å². The predicted molar refractivity (Wildman–Crippen MR) is 130 cm³/mol. The fourth-order valence-electron chi connectivity index (χ4n) is 6.92. The van der Waals surface area contributed by atoms with E-state index in [0.717, 1.165) is 71.4 Å². The summed E-state index contributed by atoms with van der Waals surface area (Å²) in [4.78, 5) is 30.8. The van der Waals surface area contributed by atoms with Crippen LogP contribution in [0, 0.1) is 23.7 Å². The van der Waals surface area contributed by atoms with Crippen LogP contribution < -0.4 is 27.1 Å². The van der Waals surface area contributed by atoms with Crippen molar-refractivity contribution in [1.82, 2.24) is 36.2 Å². The number of hydrogen-bond acceptors (Lipinski definition) is 8. The number of likely N-dealkylation sites (tertiary alicyclic amines) is 2. The van der Waals surface area contributed by atoms with Gasteiger partial charge < -0.3 is 26.2 Å². The molecule has 10 nitrogen and oxygen atoms in total. The maximum Gasteiger partial charge on any atom is 0.229 e. The number of alkyl halides is 1. The molecule has 198 valence electrons. The highest BCUT2D eigenvalue weighted by atomic mass is 19.1. The molecule has 5 aliphatic heterocycles. The van der Waals surface area contributed by atoms with Gasteiger partial charge >= 0.3 is 0 Å². The van der Waals surface area contributed by atoms with Crippen LogP contribution in [0.15, 0.2) is 0 Å². The van der Waals surface area contributed by atoms with Crippen LogP contribution in [-0.2, 0) is 9.59 Å². The molecule has 0 saturated carbocycles. The molecule has 0 aromatic heterocycles. The monoisotopic (exact) mass is 494 g/mol. The number of nitrogens with two attached hydrogens (primary N) is 1. The van der Waals surface area contributed by atoms with Gasteiger partial charge in [0, 0.05) is 44.7 Å². The molecule has 0 spiro atoms. The molecule has 0 aromatic carbocycles. The second kappa shape index (κ2) is 10.9. The summed E-state index contributed by atoms with van der Waals surface area (Å²) >= 11 is 0. The SMILES string of the molecule is CN1CCC(C(=O)N2CCC(C3CCNCC3NC(=O)C3C(N)NN4CC(F)CNC34)CC2)CC1. The third kappa shape index (κ3) is 5.50. The molecule has 0 aliphatic carbocycles. The lowest BCUT2D eigenvalue weighted by atomic mass is 9.76. The molecule has 2 amide bonds. The van der Waals surface area contributed by atoms with E-state index in [1.54, 1.807) is 5.01 Å². The molecule has 5 saturated heterocycles. The highest BCUT2D eigenvalue weighted by Gasteiger charge is 2.48. The zero-order valence-electron chi connectivity index (χ0n) is 20.9. The number of carbonyl (C=O) groups excluding carboxylic acids is 2. The summed E-state index contributed by atoms with van der Waals surface area (Å²) in [7, 11) is 2.12. The Hall–Kier alpha value is -1.37. The van der Waals surface area contributed by atoms with Crippen LogP contribution in [-0.4, -0.2) is 111 Å². The minimum absolute atomic E-state index is 0.0381. The maximum absolute atomic E-state index is 13.8. The first-order valence-corrected chi connectivity index (χ1v) is 13.5. The van der Waals surface area contributed by atoms with Crippen LogP contribution in [0.2, 0.25) is 0 Å². The molecule has 35 heavy (non-hydrogen) atoms. The summed E-state index contributed by atoms with van der Waals surface area (Å²) in [5.74, 6) is 0.857. The molecule has 6 atom stereocenters. The Morgan fingerprint density at radius 1 is 1.03 bits per heavy atom. The minimum Gasteiger partial charge on any atom is -0.351 e. The first-order chi connectivity index (χ1) is 16.9. The number of nitrogens with zero attached hydrogens (tertiary/aromatic N) is 3. The number of halogens is 1. The molecule has 5 aliphatic rings. The molecule has 5 heterocycles.